The minimum absolute atomic E-state index is 0.0437. The highest BCUT2D eigenvalue weighted by Gasteiger charge is 2.35. The lowest BCUT2D eigenvalue weighted by Gasteiger charge is -2.27. The van der Waals surface area contributed by atoms with Crippen LogP contribution in [-0.2, 0) is 17.9 Å². The summed E-state index contributed by atoms with van der Waals surface area (Å²) in [4.78, 5) is 29.6. The second-order valence-electron chi connectivity index (χ2n) is 7.63. The van der Waals surface area contributed by atoms with E-state index in [4.69, 9.17) is 16.0 Å². The van der Waals surface area contributed by atoms with Crippen molar-refractivity contribution in [3.63, 3.8) is 0 Å². The standard InChI is InChI=1S/C24H22ClFN2O3/c25-19-4-1-3-18(13-19)24(30)28(21-10-11-21)16-23(29)27(15-22-5-2-12-31-22)14-17-6-8-20(26)9-7-17/h1-9,12-13,21H,10-11,14-16H2. The second-order valence-corrected chi connectivity index (χ2v) is 8.07. The van der Waals surface area contributed by atoms with Crippen molar-refractivity contribution < 1.29 is 18.4 Å². The maximum Gasteiger partial charge on any atom is 0.254 e. The molecule has 0 unspecified atom stereocenters. The Balaban J connectivity index is 1.53. The molecule has 1 aromatic heterocycles. The molecule has 0 aliphatic heterocycles. The summed E-state index contributed by atoms with van der Waals surface area (Å²) >= 11 is 6.04. The van der Waals surface area contributed by atoms with Gasteiger partial charge in [0.2, 0.25) is 5.91 Å². The molecule has 0 atom stereocenters. The number of halogens is 2. The number of carbonyl (C=O) groups is 2. The Morgan fingerprint density at radius 2 is 1.81 bits per heavy atom. The smallest absolute Gasteiger partial charge is 0.254 e. The summed E-state index contributed by atoms with van der Waals surface area (Å²) in [5, 5.41) is 0.476. The van der Waals surface area contributed by atoms with Crippen molar-refractivity contribution in [2.24, 2.45) is 0 Å². The van der Waals surface area contributed by atoms with E-state index in [1.807, 2.05) is 0 Å². The average molecular weight is 441 g/mol. The van der Waals surface area contributed by atoms with Crippen LogP contribution in [0, 0.1) is 5.82 Å². The Kier molecular flexibility index (Phi) is 6.37. The van der Waals surface area contributed by atoms with Crippen LogP contribution in [0.25, 0.3) is 0 Å². The molecule has 1 heterocycles. The van der Waals surface area contributed by atoms with Crippen molar-refractivity contribution in [2.45, 2.75) is 32.0 Å². The summed E-state index contributed by atoms with van der Waals surface area (Å²) in [5.41, 5.74) is 1.25. The highest BCUT2D eigenvalue weighted by molar-refractivity contribution is 6.31. The zero-order valence-electron chi connectivity index (χ0n) is 16.8. The van der Waals surface area contributed by atoms with Gasteiger partial charge in [-0.2, -0.15) is 0 Å². The van der Waals surface area contributed by atoms with Gasteiger partial charge < -0.3 is 14.2 Å². The second kappa shape index (κ2) is 9.35. The van der Waals surface area contributed by atoms with Gasteiger partial charge in [-0.15, -0.1) is 0 Å². The summed E-state index contributed by atoms with van der Waals surface area (Å²) < 4.78 is 18.7. The minimum atomic E-state index is -0.334. The SMILES string of the molecule is O=C(CN(C(=O)c1cccc(Cl)c1)C1CC1)N(Cc1ccc(F)cc1)Cc1ccco1. The Labute approximate surface area is 185 Å². The van der Waals surface area contributed by atoms with Crippen LogP contribution in [0.4, 0.5) is 4.39 Å². The number of benzene rings is 2. The average Bonchev–Trinajstić information content (AvgIpc) is 3.48. The largest absolute Gasteiger partial charge is 0.467 e. The van der Waals surface area contributed by atoms with Gasteiger partial charge in [0, 0.05) is 23.2 Å². The molecule has 2 aromatic carbocycles. The zero-order chi connectivity index (χ0) is 21.8. The van der Waals surface area contributed by atoms with Gasteiger partial charge in [0.05, 0.1) is 12.8 Å². The molecular weight excluding hydrogens is 419 g/mol. The lowest BCUT2D eigenvalue weighted by atomic mass is 10.2. The van der Waals surface area contributed by atoms with Crippen molar-refractivity contribution in [2.75, 3.05) is 6.54 Å². The van der Waals surface area contributed by atoms with Gasteiger partial charge in [-0.3, -0.25) is 9.59 Å². The topological polar surface area (TPSA) is 53.8 Å². The summed E-state index contributed by atoms with van der Waals surface area (Å²) in [7, 11) is 0. The fourth-order valence-corrected chi connectivity index (χ4v) is 3.61. The van der Waals surface area contributed by atoms with E-state index < -0.39 is 0 Å². The molecule has 4 rings (SSSR count). The number of amides is 2. The third-order valence-electron chi connectivity index (χ3n) is 5.19. The molecule has 1 fully saturated rings. The molecule has 3 aromatic rings. The molecule has 31 heavy (non-hydrogen) atoms. The Bertz CT molecular complexity index is 1050. The van der Waals surface area contributed by atoms with E-state index in [9.17, 15) is 14.0 Å². The van der Waals surface area contributed by atoms with Crippen LogP contribution in [0.1, 0.15) is 34.5 Å². The number of carbonyl (C=O) groups excluding carboxylic acids is 2. The maximum atomic E-state index is 13.3. The van der Waals surface area contributed by atoms with Crippen LogP contribution in [0.2, 0.25) is 5.02 Å². The first kappa shape index (κ1) is 21.1. The molecule has 0 radical (unpaired) electrons. The van der Waals surface area contributed by atoms with Gasteiger partial charge in [0.1, 0.15) is 18.1 Å². The van der Waals surface area contributed by atoms with Crippen LogP contribution < -0.4 is 0 Å². The predicted octanol–water partition coefficient (Wildman–Crippen LogP) is 4.91. The molecule has 1 saturated carbocycles. The summed E-state index contributed by atoms with van der Waals surface area (Å²) in [6, 6.07) is 16.4. The Morgan fingerprint density at radius 1 is 1.03 bits per heavy atom. The first-order valence-electron chi connectivity index (χ1n) is 10.1. The number of rotatable bonds is 8. The molecule has 7 heteroatoms. The maximum absolute atomic E-state index is 13.3. The summed E-state index contributed by atoms with van der Waals surface area (Å²) in [6.07, 6.45) is 3.29. The van der Waals surface area contributed by atoms with Crippen LogP contribution >= 0.6 is 11.6 Å². The third-order valence-corrected chi connectivity index (χ3v) is 5.43. The Morgan fingerprint density at radius 3 is 2.45 bits per heavy atom. The van der Waals surface area contributed by atoms with E-state index >= 15 is 0 Å². The fraction of sp³-hybridized carbons (Fsp3) is 0.250. The predicted molar refractivity (Wildman–Crippen MR) is 115 cm³/mol. The highest BCUT2D eigenvalue weighted by Crippen LogP contribution is 2.29. The molecule has 0 saturated heterocycles. The first-order valence-corrected chi connectivity index (χ1v) is 10.5. The van der Waals surface area contributed by atoms with Gasteiger partial charge in [-0.25, -0.2) is 4.39 Å². The number of hydrogen-bond acceptors (Lipinski definition) is 3. The highest BCUT2D eigenvalue weighted by atomic mass is 35.5. The third kappa shape index (κ3) is 5.52. The van der Waals surface area contributed by atoms with E-state index in [0.29, 0.717) is 16.3 Å². The van der Waals surface area contributed by atoms with Crippen molar-refractivity contribution >= 4 is 23.4 Å². The molecule has 2 amide bonds. The number of hydrogen-bond donors (Lipinski definition) is 0. The molecular formula is C24H22ClFN2O3. The van der Waals surface area contributed by atoms with Crippen LogP contribution in [0.3, 0.4) is 0 Å². The zero-order valence-corrected chi connectivity index (χ0v) is 17.6. The Hall–Kier alpha value is -3.12. The molecule has 5 nitrogen and oxygen atoms in total. The van der Waals surface area contributed by atoms with Gasteiger partial charge in [0.25, 0.3) is 5.91 Å². The molecule has 0 bridgehead atoms. The number of furan rings is 1. The van der Waals surface area contributed by atoms with Crippen LogP contribution in [-0.4, -0.2) is 34.2 Å². The van der Waals surface area contributed by atoms with Crippen LogP contribution in [0.5, 0.6) is 0 Å². The molecule has 160 valence electrons. The minimum Gasteiger partial charge on any atom is -0.467 e. The van der Waals surface area contributed by atoms with E-state index in [1.54, 1.807) is 64.6 Å². The fourth-order valence-electron chi connectivity index (χ4n) is 3.42. The molecule has 0 spiro atoms. The lowest BCUT2D eigenvalue weighted by Crippen LogP contribution is -2.43. The van der Waals surface area contributed by atoms with Crippen molar-refractivity contribution in [3.8, 4) is 0 Å². The van der Waals surface area contributed by atoms with E-state index in [0.717, 1.165) is 18.4 Å². The van der Waals surface area contributed by atoms with E-state index in [-0.39, 0.29) is 43.3 Å². The normalized spacial score (nSPS) is 13.1. The first-order chi connectivity index (χ1) is 15.0. The van der Waals surface area contributed by atoms with Gasteiger partial charge in [0.15, 0.2) is 0 Å². The van der Waals surface area contributed by atoms with Crippen LogP contribution in [0.15, 0.2) is 71.3 Å². The molecule has 0 N–H and O–H groups in total. The van der Waals surface area contributed by atoms with E-state index in [1.165, 1.54) is 12.1 Å². The number of nitrogens with zero attached hydrogens (tertiary/aromatic N) is 2. The molecule has 1 aliphatic rings. The van der Waals surface area contributed by atoms with Gasteiger partial charge in [-0.1, -0.05) is 29.8 Å². The quantitative estimate of drug-likeness (QED) is 0.500. The lowest BCUT2D eigenvalue weighted by molar-refractivity contribution is -0.133. The van der Waals surface area contributed by atoms with Crippen molar-refractivity contribution in [1.82, 2.24) is 9.80 Å². The summed E-state index contributed by atoms with van der Waals surface area (Å²) in [6.45, 7) is 0.495. The van der Waals surface area contributed by atoms with Gasteiger partial charge in [-0.05, 0) is 60.9 Å². The van der Waals surface area contributed by atoms with Crippen molar-refractivity contribution in [3.05, 3.63) is 94.7 Å². The van der Waals surface area contributed by atoms with E-state index in [2.05, 4.69) is 0 Å². The van der Waals surface area contributed by atoms with Gasteiger partial charge >= 0.3 is 0 Å². The molecule has 1 aliphatic carbocycles. The van der Waals surface area contributed by atoms with Crippen molar-refractivity contribution in [1.29, 1.82) is 0 Å². The summed E-state index contributed by atoms with van der Waals surface area (Å²) in [5.74, 6) is -0.115. The monoisotopic (exact) mass is 440 g/mol.